The van der Waals surface area contributed by atoms with Crippen LogP contribution in [-0.4, -0.2) is 26.9 Å². The highest BCUT2D eigenvalue weighted by Gasteiger charge is 2.25. The van der Waals surface area contributed by atoms with Crippen molar-refractivity contribution in [1.29, 1.82) is 0 Å². The summed E-state index contributed by atoms with van der Waals surface area (Å²) in [7, 11) is -3.85. The van der Waals surface area contributed by atoms with E-state index in [0.29, 0.717) is 11.6 Å². The maximum atomic E-state index is 12.7. The third kappa shape index (κ3) is 6.97. The zero-order chi connectivity index (χ0) is 19.7. The number of hydrogen-bond acceptors (Lipinski definition) is 3. The van der Waals surface area contributed by atoms with Crippen LogP contribution in [0, 0.1) is 0 Å². The van der Waals surface area contributed by atoms with Crippen molar-refractivity contribution in [2.45, 2.75) is 43.5 Å². The summed E-state index contributed by atoms with van der Waals surface area (Å²) in [6.45, 7) is 2.61. The van der Waals surface area contributed by atoms with Crippen molar-refractivity contribution in [1.82, 2.24) is 10.0 Å². The summed E-state index contributed by atoms with van der Waals surface area (Å²) in [5.41, 5.74) is 0.880. The van der Waals surface area contributed by atoms with Crippen molar-refractivity contribution < 1.29 is 13.2 Å². The highest BCUT2D eigenvalue weighted by molar-refractivity contribution is 7.89. The first-order valence-electron chi connectivity index (χ1n) is 9.02. The number of amides is 1. The number of hydrogen-bond donors (Lipinski definition) is 2. The molecule has 5 nitrogen and oxygen atoms in total. The zero-order valence-electron chi connectivity index (χ0n) is 15.3. The molecule has 0 aliphatic rings. The van der Waals surface area contributed by atoms with Crippen LogP contribution in [0.4, 0.5) is 0 Å². The van der Waals surface area contributed by atoms with Gasteiger partial charge in [0.1, 0.15) is 6.04 Å². The van der Waals surface area contributed by atoms with E-state index in [-0.39, 0.29) is 17.2 Å². The fourth-order valence-electron chi connectivity index (χ4n) is 2.62. The molecule has 0 aliphatic carbocycles. The molecule has 146 valence electrons. The van der Waals surface area contributed by atoms with Crippen LogP contribution in [0.15, 0.2) is 59.5 Å². The second kappa shape index (κ2) is 10.4. The molecule has 2 rings (SSSR count). The smallest absolute Gasteiger partial charge is 0.241 e. The first-order chi connectivity index (χ1) is 12.9. The lowest BCUT2D eigenvalue weighted by Gasteiger charge is -2.19. The number of sulfonamides is 1. The third-order valence-electron chi connectivity index (χ3n) is 4.10. The molecule has 0 saturated heterocycles. The van der Waals surface area contributed by atoms with Crippen LogP contribution in [-0.2, 0) is 21.2 Å². The van der Waals surface area contributed by atoms with Crippen molar-refractivity contribution in [3.8, 4) is 0 Å². The highest BCUT2D eigenvalue weighted by Crippen LogP contribution is 2.15. The average Bonchev–Trinajstić information content (AvgIpc) is 2.65. The number of halogens is 1. The molecule has 0 heterocycles. The van der Waals surface area contributed by atoms with Gasteiger partial charge in [0.2, 0.25) is 15.9 Å². The Morgan fingerprint density at radius 3 is 2.33 bits per heavy atom. The first kappa shape index (κ1) is 21.4. The normalized spacial score (nSPS) is 12.5. The topological polar surface area (TPSA) is 75.3 Å². The Hall–Kier alpha value is -1.89. The van der Waals surface area contributed by atoms with E-state index in [9.17, 15) is 13.2 Å². The van der Waals surface area contributed by atoms with Crippen LogP contribution in [0.25, 0.3) is 0 Å². The monoisotopic (exact) mass is 408 g/mol. The average molecular weight is 409 g/mol. The van der Waals surface area contributed by atoms with Crippen molar-refractivity contribution in [3.63, 3.8) is 0 Å². The van der Waals surface area contributed by atoms with Gasteiger partial charge in [-0.15, -0.1) is 0 Å². The molecular weight excluding hydrogens is 384 g/mol. The largest absolute Gasteiger partial charge is 0.355 e. The molecule has 1 atom stereocenters. The molecule has 2 aromatic carbocycles. The quantitative estimate of drug-likeness (QED) is 0.590. The summed E-state index contributed by atoms with van der Waals surface area (Å²) in [5, 5.41) is 3.28. The summed E-state index contributed by atoms with van der Waals surface area (Å²) >= 11 is 5.83. The summed E-state index contributed by atoms with van der Waals surface area (Å²) < 4.78 is 27.9. The van der Waals surface area contributed by atoms with E-state index in [1.54, 1.807) is 0 Å². The number of carbonyl (C=O) groups excluding carboxylic acids is 1. The molecule has 0 fully saturated rings. The van der Waals surface area contributed by atoms with Gasteiger partial charge in [0.15, 0.2) is 0 Å². The molecule has 0 aliphatic heterocycles. The van der Waals surface area contributed by atoms with Crippen molar-refractivity contribution in [3.05, 3.63) is 65.2 Å². The minimum atomic E-state index is -3.85. The van der Waals surface area contributed by atoms with Crippen LogP contribution in [0.5, 0.6) is 0 Å². The van der Waals surface area contributed by atoms with E-state index in [1.807, 2.05) is 30.3 Å². The number of unbranched alkanes of at least 4 members (excludes halogenated alkanes) is 2. The lowest BCUT2D eigenvalue weighted by Crippen LogP contribution is -2.48. The summed E-state index contributed by atoms with van der Waals surface area (Å²) in [6.07, 6.45) is 3.20. The molecular formula is C20H25ClN2O3S. The molecule has 1 amide bonds. The van der Waals surface area contributed by atoms with Crippen molar-refractivity contribution in [2.24, 2.45) is 0 Å². The van der Waals surface area contributed by atoms with Gasteiger partial charge in [-0.3, -0.25) is 4.79 Å². The van der Waals surface area contributed by atoms with Crippen molar-refractivity contribution >= 4 is 27.5 Å². The number of rotatable bonds is 10. The fraction of sp³-hybridized carbons (Fsp3) is 0.350. The molecule has 0 saturated carbocycles. The van der Waals surface area contributed by atoms with Gasteiger partial charge in [0.05, 0.1) is 4.90 Å². The molecule has 27 heavy (non-hydrogen) atoms. The number of benzene rings is 2. The van der Waals surface area contributed by atoms with E-state index in [4.69, 9.17) is 11.6 Å². The minimum Gasteiger partial charge on any atom is -0.355 e. The summed E-state index contributed by atoms with van der Waals surface area (Å²) in [5.74, 6) is -0.326. The van der Waals surface area contributed by atoms with Gasteiger partial charge < -0.3 is 5.32 Å². The Morgan fingerprint density at radius 1 is 1.04 bits per heavy atom. The van der Waals surface area contributed by atoms with Gasteiger partial charge in [-0.25, -0.2) is 8.42 Å². The first-order valence-corrected chi connectivity index (χ1v) is 10.9. The molecule has 2 N–H and O–H groups in total. The maximum Gasteiger partial charge on any atom is 0.241 e. The number of nitrogens with one attached hydrogen (secondary N) is 2. The molecule has 0 spiro atoms. The van der Waals surface area contributed by atoms with Gasteiger partial charge in [0.25, 0.3) is 0 Å². The van der Waals surface area contributed by atoms with Gasteiger partial charge in [-0.05, 0) is 42.7 Å². The standard InChI is InChI=1S/C20H25ClN2O3S/c1-2-3-7-14-22-20(24)19(15-16-8-5-4-6-9-16)23-27(25,26)18-12-10-17(21)11-13-18/h4-6,8-13,19,23H,2-3,7,14-15H2,1H3,(H,22,24)/t19-/m0/s1. The number of carbonyl (C=O) groups is 1. The Kier molecular flexibility index (Phi) is 8.28. The summed E-state index contributed by atoms with van der Waals surface area (Å²) in [6, 6.07) is 14.3. The Bertz CT molecular complexity index is 824. The highest BCUT2D eigenvalue weighted by atomic mass is 35.5. The molecule has 0 radical (unpaired) electrons. The van der Waals surface area contributed by atoms with Crippen molar-refractivity contribution in [2.75, 3.05) is 6.54 Å². The van der Waals surface area contributed by atoms with Gasteiger partial charge in [-0.2, -0.15) is 4.72 Å². The molecule has 0 aromatic heterocycles. The SMILES string of the molecule is CCCCCNC(=O)[C@H](Cc1ccccc1)NS(=O)(=O)c1ccc(Cl)cc1. The van der Waals surface area contributed by atoms with E-state index >= 15 is 0 Å². The Balaban J connectivity index is 2.15. The second-order valence-corrected chi connectivity index (χ2v) is 8.47. The fourth-order valence-corrected chi connectivity index (χ4v) is 3.94. The van der Waals surface area contributed by atoms with E-state index < -0.39 is 16.1 Å². The second-order valence-electron chi connectivity index (χ2n) is 6.32. The van der Waals surface area contributed by atoms with Gasteiger partial charge in [0, 0.05) is 11.6 Å². The third-order valence-corrected chi connectivity index (χ3v) is 5.84. The predicted molar refractivity (Wildman–Crippen MR) is 108 cm³/mol. The predicted octanol–water partition coefficient (Wildman–Crippen LogP) is 3.54. The maximum absolute atomic E-state index is 12.7. The van der Waals surface area contributed by atoms with Gasteiger partial charge >= 0.3 is 0 Å². The summed E-state index contributed by atoms with van der Waals surface area (Å²) in [4.78, 5) is 12.7. The van der Waals surface area contributed by atoms with Crippen LogP contribution in [0.2, 0.25) is 5.02 Å². The van der Waals surface area contributed by atoms with Crippen LogP contribution < -0.4 is 10.0 Å². The molecule has 2 aromatic rings. The molecule has 0 unspecified atom stereocenters. The van der Waals surface area contributed by atoms with Crippen LogP contribution >= 0.6 is 11.6 Å². The lowest BCUT2D eigenvalue weighted by atomic mass is 10.1. The van der Waals surface area contributed by atoms with Gasteiger partial charge in [-0.1, -0.05) is 61.7 Å². The van der Waals surface area contributed by atoms with E-state index in [1.165, 1.54) is 24.3 Å². The molecule has 0 bridgehead atoms. The van der Waals surface area contributed by atoms with Crippen LogP contribution in [0.1, 0.15) is 31.7 Å². The van der Waals surface area contributed by atoms with Crippen LogP contribution in [0.3, 0.4) is 0 Å². The zero-order valence-corrected chi connectivity index (χ0v) is 16.9. The Labute approximate surface area is 166 Å². The van der Waals surface area contributed by atoms with E-state index in [0.717, 1.165) is 24.8 Å². The minimum absolute atomic E-state index is 0.0729. The Morgan fingerprint density at radius 2 is 1.70 bits per heavy atom. The lowest BCUT2D eigenvalue weighted by molar-refractivity contribution is -0.122. The van der Waals surface area contributed by atoms with E-state index in [2.05, 4.69) is 17.0 Å². The molecule has 7 heteroatoms.